The highest BCUT2D eigenvalue weighted by atomic mass is 15.1. The Kier molecular flexibility index (Phi) is 7.52. The van der Waals surface area contributed by atoms with Gasteiger partial charge in [0.15, 0.2) is 0 Å². The first kappa shape index (κ1) is 35.9. The standard InChI is InChI=1S/C62H44N2/c1-2-16-37-61(40-42(61)20-5-1)62(41-18-6-3-7-19-41)55-38-46(35-36-52(55)60-53-28-17-27-51-47-23-10-11-24-48(47)54(59(51)53)39-56(60)62)63(43-21-8-4-9-22-43)44-31-33-45(34-32-44)64-57-29-14-12-25-49(57)50-26-13-15-30-58(50)64/h3-39,42H,1-2,40H2/b20-5-,37-16-. The highest BCUT2D eigenvalue weighted by molar-refractivity contribution is 6.21. The summed E-state index contributed by atoms with van der Waals surface area (Å²) in [4.78, 5) is 2.46. The molecular formula is C62H44N2. The summed E-state index contributed by atoms with van der Waals surface area (Å²) in [6, 6.07) is 75.3. The van der Waals surface area contributed by atoms with Crippen molar-refractivity contribution in [3.05, 3.63) is 241 Å². The van der Waals surface area contributed by atoms with Crippen LogP contribution in [-0.2, 0) is 5.41 Å². The molecule has 1 fully saturated rings. The SMILES string of the molecule is C1=C\C2CC2(C2(c3ccccc3)c3cc(N(c4ccccc4)c4ccc(-n5c6ccccc6c6ccccc65)cc4)ccc3-c3c2cc2c4c(cccc34)-c3ccccc3-2)/C=C\CC/1. The molecule has 2 nitrogen and oxygen atoms in total. The Morgan fingerprint density at radius 1 is 0.453 bits per heavy atom. The lowest BCUT2D eigenvalue weighted by Gasteiger charge is -2.41. The quantitative estimate of drug-likeness (QED) is 0.152. The van der Waals surface area contributed by atoms with Gasteiger partial charge in [-0.1, -0.05) is 158 Å². The molecule has 14 rings (SSSR count). The second-order valence-electron chi connectivity index (χ2n) is 18.3. The minimum Gasteiger partial charge on any atom is -0.310 e. The molecule has 0 amide bonds. The molecule has 64 heavy (non-hydrogen) atoms. The number of benzene rings is 9. The zero-order valence-electron chi connectivity index (χ0n) is 35.5. The van der Waals surface area contributed by atoms with E-state index in [4.69, 9.17) is 0 Å². The van der Waals surface area contributed by atoms with Crippen molar-refractivity contribution >= 4 is 49.6 Å². The van der Waals surface area contributed by atoms with Gasteiger partial charge in [-0.05, 0) is 153 Å². The van der Waals surface area contributed by atoms with E-state index >= 15 is 0 Å². The van der Waals surface area contributed by atoms with Crippen LogP contribution in [0.1, 0.15) is 36.0 Å². The summed E-state index contributed by atoms with van der Waals surface area (Å²) >= 11 is 0. The molecule has 302 valence electrons. The van der Waals surface area contributed by atoms with Crippen LogP contribution in [0.25, 0.3) is 71.6 Å². The highest BCUT2D eigenvalue weighted by Gasteiger charge is 2.68. The van der Waals surface area contributed by atoms with Gasteiger partial charge in [-0.3, -0.25) is 0 Å². The first-order valence-electron chi connectivity index (χ1n) is 22.9. The van der Waals surface area contributed by atoms with E-state index in [9.17, 15) is 0 Å². The van der Waals surface area contributed by atoms with Gasteiger partial charge < -0.3 is 9.47 Å². The summed E-state index contributed by atoms with van der Waals surface area (Å²) in [6.45, 7) is 0. The number of aromatic nitrogens is 1. The average Bonchev–Trinajstić information content (AvgIpc) is 3.62. The zero-order chi connectivity index (χ0) is 42.0. The summed E-state index contributed by atoms with van der Waals surface area (Å²) in [7, 11) is 0. The summed E-state index contributed by atoms with van der Waals surface area (Å²) in [5, 5.41) is 5.28. The first-order chi connectivity index (χ1) is 31.7. The van der Waals surface area contributed by atoms with Gasteiger partial charge in [0.1, 0.15) is 0 Å². The van der Waals surface area contributed by atoms with Crippen molar-refractivity contribution in [2.24, 2.45) is 11.3 Å². The van der Waals surface area contributed by atoms with Crippen molar-refractivity contribution in [3.8, 4) is 39.1 Å². The molecule has 9 aromatic carbocycles. The van der Waals surface area contributed by atoms with E-state index < -0.39 is 5.41 Å². The Hall–Kier alpha value is -7.68. The number of hydrogen-bond donors (Lipinski definition) is 0. The summed E-state index contributed by atoms with van der Waals surface area (Å²) in [6.07, 6.45) is 13.4. The molecule has 3 unspecified atom stereocenters. The summed E-state index contributed by atoms with van der Waals surface area (Å²) < 4.78 is 2.40. The lowest BCUT2D eigenvalue weighted by Crippen LogP contribution is -2.38. The van der Waals surface area contributed by atoms with Crippen LogP contribution in [0, 0.1) is 11.3 Å². The molecular weight excluding hydrogens is 773 g/mol. The fourth-order valence-electron chi connectivity index (χ4n) is 12.6. The Morgan fingerprint density at radius 2 is 1.06 bits per heavy atom. The van der Waals surface area contributed by atoms with E-state index in [1.54, 1.807) is 0 Å². The van der Waals surface area contributed by atoms with Crippen molar-refractivity contribution in [3.63, 3.8) is 0 Å². The Labute approximate surface area is 373 Å². The van der Waals surface area contributed by atoms with E-state index in [0.29, 0.717) is 5.92 Å². The molecule has 4 aliphatic carbocycles. The second kappa shape index (κ2) is 13.4. The van der Waals surface area contributed by atoms with Gasteiger partial charge in [0, 0.05) is 38.9 Å². The highest BCUT2D eigenvalue weighted by Crippen LogP contribution is 2.75. The van der Waals surface area contributed by atoms with E-state index in [2.05, 4.69) is 234 Å². The number of rotatable bonds is 6. The molecule has 1 heterocycles. The van der Waals surface area contributed by atoms with Gasteiger partial charge in [0.05, 0.1) is 16.4 Å². The van der Waals surface area contributed by atoms with Crippen LogP contribution in [0.4, 0.5) is 17.1 Å². The molecule has 4 aliphatic rings. The summed E-state index contributed by atoms with van der Waals surface area (Å²) in [5.41, 5.74) is 18.7. The maximum Gasteiger partial charge on any atom is 0.0561 e. The second-order valence-corrected chi connectivity index (χ2v) is 18.3. The molecule has 0 aliphatic heterocycles. The van der Waals surface area contributed by atoms with Crippen molar-refractivity contribution in [1.82, 2.24) is 4.57 Å². The lowest BCUT2D eigenvalue weighted by molar-refractivity contribution is 0.414. The van der Waals surface area contributed by atoms with Crippen LogP contribution in [0.5, 0.6) is 0 Å². The predicted molar refractivity (Wildman–Crippen MR) is 267 cm³/mol. The van der Waals surface area contributed by atoms with Crippen LogP contribution in [0.2, 0.25) is 0 Å². The maximum absolute atomic E-state index is 2.65. The Bertz CT molecular complexity index is 3540. The molecule has 2 heteroatoms. The fraction of sp³-hybridized carbons (Fsp3) is 0.0968. The van der Waals surface area contributed by atoms with E-state index in [-0.39, 0.29) is 5.41 Å². The average molecular weight is 817 g/mol. The smallest absolute Gasteiger partial charge is 0.0561 e. The molecule has 1 saturated carbocycles. The minimum absolute atomic E-state index is 0.137. The maximum atomic E-state index is 2.65. The van der Waals surface area contributed by atoms with Crippen molar-refractivity contribution < 1.29 is 0 Å². The van der Waals surface area contributed by atoms with Crippen molar-refractivity contribution in [2.75, 3.05) is 4.90 Å². The number of allylic oxidation sites excluding steroid dienone is 4. The van der Waals surface area contributed by atoms with Crippen LogP contribution in [0.15, 0.2) is 224 Å². The van der Waals surface area contributed by atoms with Crippen LogP contribution >= 0.6 is 0 Å². The number of hydrogen-bond acceptors (Lipinski definition) is 1. The topological polar surface area (TPSA) is 8.17 Å². The number of nitrogens with zero attached hydrogens (tertiary/aromatic N) is 2. The van der Waals surface area contributed by atoms with Gasteiger partial charge >= 0.3 is 0 Å². The van der Waals surface area contributed by atoms with Crippen LogP contribution < -0.4 is 4.90 Å². The van der Waals surface area contributed by atoms with Gasteiger partial charge in [0.25, 0.3) is 0 Å². The third kappa shape index (κ3) is 4.75. The first-order valence-corrected chi connectivity index (χ1v) is 22.9. The Balaban J connectivity index is 1.03. The normalized spacial score (nSPS) is 20.8. The van der Waals surface area contributed by atoms with Gasteiger partial charge in [-0.15, -0.1) is 0 Å². The van der Waals surface area contributed by atoms with Crippen molar-refractivity contribution in [2.45, 2.75) is 24.7 Å². The van der Waals surface area contributed by atoms with Crippen LogP contribution in [0.3, 0.4) is 0 Å². The molecule has 3 atom stereocenters. The van der Waals surface area contributed by atoms with E-state index in [1.807, 2.05) is 0 Å². The number of para-hydroxylation sites is 3. The van der Waals surface area contributed by atoms with Gasteiger partial charge in [0.2, 0.25) is 0 Å². The monoisotopic (exact) mass is 816 g/mol. The minimum atomic E-state index is -0.446. The van der Waals surface area contributed by atoms with Gasteiger partial charge in [-0.25, -0.2) is 0 Å². The molecule has 0 bridgehead atoms. The van der Waals surface area contributed by atoms with E-state index in [0.717, 1.165) is 42.0 Å². The zero-order valence-corrected chi connectivity index (χ0v) is 35.5. The molecule has 0 saturated heterocycles. The fourth-order valence-corrected chi connectivity index (χ4v) is 12.6. The predicted octanol–water partition coefficient (Wildman–Crippen LogP) is 16.3. The molecule has 10 aromatic rings. The third-order valence-electron chi connectivity index (χ3n) is 15.2. The molecule has 0 N–H and O–H groups in total. The largest absolute Gasteiger partial charge is 0.310 e. The number of fused-ring (bicyclic) bond motifs is 11. The Morgan fingerprint density at radius 3 is 1.83 bits per heavy atom. The molecule has 0 spiro atoms. The van der Waals surface area contributed by atoms with E-state index in [1.165, 1.54) is 82.6 Å². The molecule has 1 aromatic heterocycles. The summed E-state index contributed by atoms with van der Waals surface area (Å²) in [5.74, 6) is 0.424. The third-order valence-corrected chi connectivity index (χ3v) is 15.2. The molecule has 0 radical (unpaired) electrons. The number of anilines is 3. The van der Waals surface area contributed by atoms with Crippen molar-refractivity contribution in [1.29, 1.82) is 0 Å². The lowest BCUT2D eigenvalue weighted by atomic mass is 9.60. The van der Waals surface area contributed by atoms with Gasteiger partial charge in [-0.2, -0.15) is 0 Å². The van der Waals surface area contributed by atoms with Crippen LogP contribution in [-0.4, -0.2) is 4.57 Å².